The minimum absolute atomic E-state index is 0.308. The summed E-state index contributed by atoms with van der Waals surface area (Å²) in [5.74, 6) is -0.353. The van der Waals surface area contributed by atoms with E-state index in [2.05, 4.69) is 16.7 Å². The van der Waals surface area contributed by atoms with Gasteiger partial charge in [-0.1, -0.05) is 65.8 Å². The first kappa shape index (κ1) is 17.4. The molecule has 28 heavy (non-hydrogen) atoms. The number of ether oxygens (including phenoxy) is 1. The number of hydrogen-bond donors (Lipinski definition) is 0. The highest BCUT2D eigenvalue weighted by Gasteiger charge is 2.31. The molecule has 5 rings (SSSR count). The minimum atomic E-state index is -0.353. The Balaban J connectivity index is 2.00. The van der Waals surface area contributed by atoms with Crippen LogP contribution in [0.5, 0.6) is 0 Å². The Hall–Kier alpha value is -2.69. The molecule has 3 nitrogen and oxygen atoms in total. The molecule has 0 saturated carbocycles. The molecular formula is C23H16ClNO2S. The second-order valence-electron chi connectivity index (χ2n) is 6.48. The molecule has 0 N–H and O–H groups in total. The van der Waals surface area contributed by atoms with E-state index in [9.17, 15) is 4.79 Å². The van der Waals surface area contributed by atoms with E-state index in [0.717, 1.165) is 37.6 Å². The molecule has 0 fully saturated rings. The van der Waals surface area contributed by atoms with Crippen LogP contribution in [0.3, 0.4) is 0 Å². The van der Waals surface area contributed by atoms with Crippen molar-refractivity contribution in [3.05, 3.63) is 77.3 Å². The van der Waals surface area contributed by atoms with Gasteiger partial charge in [-0.2, -0.15) is 0 Å². The van der Waals surface area contributed by atoms with Crippen molar-refractivity contribution in [2.75, 3.05) is 6.61 Å². The summed E-state index contributed by atoms with van der Waals surface area (Å²) >= 11 is 8.32. The van der Waals surface area contributed by atoms with Crippen LogP contribution in [0.15, 0.2) is 76.5 Å². The van der Waals surface area contributed by atoms with Crippen LogP contribution in [-0.4, -0.2) is 17.1 Å². The summed E-state index contributed by atoms with van der Waals surface area (Å²) < 4.78 is 7.60. The first-order valence-corrected chi connectivity index (χ1v) is 10.3. The Kier molecular flexibility index (Phi) is 4.18. The highest BCUT2D eigenvalue weighted by Crippen LogP contribution is 2.50. The van der Waals surface area contributed by atoms with Gasteiger partial charge in [-0.15, -0.1) is 0 Å². The third-order valence-electron chi connectivity index (χ3n) is 4.88. The molecule has 0 unspecified atom stereocenters. The molecule has 3 aromatic carbocycles. The van der Waals surface area contributed by atoms with Crippen LogP contribution in [0.2, 0.25) is 5.02 Å². The zero-order chi connectivity index (χ0) is 19.3. The van der Waals surface area contributed by atoms with Crippen LogP contribution in [0.4, 0.5) is 0 Å². The van der Waals surface area contributed by atoms with Crippen LogP contribution in [-0.2, 0) is 4.74 Å². The Labute approximate surface area is 171 Å². The number of halogens is 1. The van der Waals surface area contributed by atoms with Crippen LogP contribution in [0, 0.1) is 0 Å². The monoisotopic (exact) mass is 405 g/mol. The van der Waals surface area contributed by atoms with Gasteiger partial charge >= 0.3 is 5.97 Å². The molecule has 0 spiro atoms. The average Bonchev–Trinajstić information content (AvgIpc) is 3.09. The van der Waals surface area contributed by atoms with Gasteiger partial charge in [0.2, 0.25) is 0 Å². The second kappa shape index (κ2) is 6.73. The van der Waals surface area contributed by atoms with Crippen molar-refractivity contribution in [3.8, 4) is 16.9 Å². The summed E-state index contributed by atoms with van der Waals surface area (Å²) in [6, 6.07) is 22.0. The van der Waals surface area contributed by atoms with Crippen LogP contribution in [0.1, 0.15) is 17.3 Å². The minimum Gasteiger partial charge on any atom is -0.462 e. The van der Waals surface area contributed by atoms with E-state index in [1.807, 2.05) is 61.5 Å². The SMILES string of the molecule is CCOC(=O)c1c(-c2ccccc2)n2c3c(ccc(Cl)c13)Sc1ccccc1-2. The van der Waals surface area contributed by atoms with E-state index in [1.165, 1.54) is 0 Å². The molecule has 138 valence electrons. The maximum absolute atomic E-state index is 13.1. The molecule has 1 aliphatic rings. The smallest absolute Gasteiger partial charge is 0.341 e. The number of benzene rings is 3. The van der Waals surface area contributed by atoms with Gasteiger partial charge in [0.25, 0.3) is 0 Å². The van der Waals surface area contributed by atoms with E-state index in [-0.39, 0.29) is 5.97 Å². The maximum Gasteiger partial charge on any atom is 0.341 e. The number of esters is 1. The Morgan fingerprint density at radius 2 is 1.75 bits per heavy atom. The molecule has 1 aromatic heterocycles. The number of nitrogens with zero attached hydrogens (tertiary/aromatic N) is 1. The number of rotatable bonds is 3. The van der Waals surface area contributed by atoms with Crippen molar-refractivity contribution in [2.24, 2.45) is 0 Å². The van der Waals surface area contributed by atoms with Crippen molar-refractivity contribution in [3.63, 3.8) is 0 Å². The van der Waals surface area contributed by atoms with Crippen molar-refractivity contribution >= 4 is 40.2 Å². The molecule has 0 bridgehead atoms. The summed E-state index contributed by atoms with van der Waals surface area (Å²) in [6.07, 6.45) is 0. The lowest BCUT2D eigenvalue weighted by Crippen LogP contribution is -2.08. The van der Waals surface area contributed by atoms with Gasteiger partial charge in [-0.3, -0.25) is 0 Å². The lowest BCUT2D eigenvalue weighted by atomic mass is 10.0. The van der Waals surface area contributed by atoms with E-state index >= 15 is 0 Å². The zero-order valence-electron chi connectivity index (χ0n) is 15.1. The third-order valence-corrected chi connectivity index (χ3v) is 6.31. The number of hydrogen-bond acceptors (Lipinski definition) is 3. The van der Waals surface area contributed by atoms with Crippen LogP contribution >= 0.6 is 23.4 Å². The number of aromatic nitrogens is 1. The van der Waals surface area contributed by atoms with Gasteiger partial charge in [-0.25, -0.2) is 4.79 Å². The number of carbonyl (C=O) groups is 1. The predicted molar refractivity (Wildman–Crippen MR) is 114 cm³/mol. The van der Waals surface area contributed by atoms with Gasteiger partial charge in [0, 0.05) is 15.2 Å². The Bertz CT molecular complexity index is 1230. The molecule has 0 radical (unpaired) electrons. The number of fused-ring (bicyclic) bond motifs is 2. The molecule has 0 amide bonds. The fourth-order valence-electron chi connectivity index (χ4n) is 3.79. The van der Waals surface area contributed by atoms with Crippen molar-refractivity contribution in [2.45, 2.75) is 16.7 Å². The fourth-order valence-corrected chi connectivity index (χ4v) is 5.11. The predicted octanol–water partition coefficient (Wildman–Crippen LogP) is 6.59. The zero-order valence-corrected chi connectivity index (χ0v) is 16.7. The van der Waals surface area contributed by atoms with Crippen LogP contribution < -0.4 is 0 Å². The van der Waals surface area contributed by atoms with Gasteiger partial charge in [0.15, 0.2) is 0 Å². The quantitative estimate of drug-likeness (QED) is 0.317. The van der Waals surface area contributed by atoms with E-state index < -0.39 is 0 Å². The van der Waals surface area contributed by atoms with Crippen molar-refractivity contribution < 1.29 is 9.53 Å². The average molecular weight is 406 g/mol. The van der Waals surface area contributed by atoms with Gasteiger partial charge < -0.3 is 9.30 Å². The van der Waals surface area contributed by atoms with Crippen LogP contribution in [0.25, 0.3) is 27.8 Å². The topological polar surface area (TPSA) is 31.2 Å². The summed E-state index contributed by atoms with van der Waals surface area (Å²) in [5, 5.41) is 1.30. The normalized spacial score (nSPS) is 12.1. The Morgan fingerprint density at radius 1 is 1.00 bits per heavy atom. The Morgan fingerprint density at radius 3 is 2.54 bits per heavy atom. The molecule has 4 aromatic rings. The van der Waals surface area contributed by atoms with Gasteiger partial charge in [-0.05, 0) is 36.8 Å². The second-order valence-corrected chi connectivity index (χ2v) is 7.98. The molecular weight excluding hydrogens is 390 g/mol. The number of para-hydroxylation sites is 1. The highest BCUT2D eigenvalue weighted by molar-refractivity contribution is 7.99. The lowest BCUT2D eigenvalue weighted by molar-refractivity contribution is 0.0529. The van der Waals surface area contributed by atoms with E-state index in [1.54, 1.807) is 11.8 Å². The van der Waals surface area contributed by atoms with E-state index in [4.69, 9.17) is 16.3 Å². The molecule has 0 atom stereocenters. The molecule has 0 saturated heterocycles. The third kappa shape index (κ3) is 2.49. The maximum atomic E-state index is 13.1. The first-order chi connectivity index (χ1) is 13.7. The molecule has 2 heterocycles. The fraction of sp³-hybridized carbons (Fsp3) is 0.0870. The molecule has 1 aliphatic heterocycles. The van der Waals surface area contributed by atoms with Gasteiger partial charge in [0.05, 0.1) is 34.1 Å². The first-order valence-electron chi connectivity index (χ1n) is 9.07. The van der Waals surface area contributed by atoms with Gasteiger partial charge in [0.1, 0.15) is 0 Å². The standard InChI is InChI=1S/C23H16ClNO2S/c1-2-27-23(26)20-19-15(24)12-13-18-22(19)25(16-10-6-7-11-17(16)28-18)21(20)14-8-4-3-5-9-14/h3-13H,2H2,1H3. The molecule has 5 heteroatoms. The molecule has 0 aliphatic carbocycles. The largest absolute Gasteiger partial charge is 0.462 e. The summed E-state index contributed by atoms with van der Waals surface area (Å²) in [5.41, 5.74) is 4.29. The summed E-state index contributed by atoms with van der Waals surface area (Å²) in [4.78, 5) is 15.3. The van der Waals surface area contributed by atoms with Crippen molar-refractivity contribution in [1.29, 1.82) is 0 Å². The number of carbonyl (C=O) groups excluding carboxylic acids is 1. The lowest BCUT2D eigenvalue weighted by Gasteiger charge is -2.21. The van der Waals surface area contributed by atoms with E-state index in [0.29, 0.717) is 17.2 Å². The summed E-state index contributed by atoms with van der Waals surface area (Å²) in [7, 11) is 0. The summed E-state index contributed by atoms with van der Waals surface area (Å²) in [6.45, 7) is 2.12. The highest BCUT2D eigenvalue weighted by atomic mass is 35.5. The van der Waals surface area contributed by atoms with Crippen molar-refractivity contribution in [1.82, 2.24) is 4.57 Å².